The summed E-state index contributed by atoms with van der Waals surface area (Å²) in [6, 6.07) is 9.29. The number of ether oxygens (including phenoxy) is 2. The molecule has 0 unspecified atom stereocenters. The van der Waals surface area contributed by atoms with Crippen molar-refractivity contribution in [2.24, 2.45) is 0 Å². The van der Waals surface area contributed by atoms with E-state index in [-0.39, 0.29) is 18.2 Å². The third-order valence-electron chi connectivity index (χ3n) is 3.72. The van der Waals surface area contributed by atoms with Crippen LogP contribution in [0.15, 0.2) is 36.5 Å². The molecule has 7 nitrogen and oxygen atoms in total. The Balaban J connectivity index is 1.44. The molecule has 1 aromatic heterocycles. The van der Waals surface area contributed by atoms with Gasteiger partial charge in [0.05, 0.1) is 6.20 Å². The first-order chi connectivity index (χ1) is 11.6. The molecule has 0 saturated heterocycles. The predicted octanol–water partition coefficient (Wildman–Crippen LogP) is 2.82. The van der Waals surface area contributed by atoms with Crippen molar-refractivity contribution in [2.45, 2.75) is 32.4 Å². The van der Waals surface area contributed by atoms with Crippen LogP contribution >= 0.6 is 0 Å². The second-order valence-corrected chi connectivity index (χ2v) is 5.92. The monoisotopic (exact) mass is 330 g/mol. The maximum Gasteiger partial charge on any atom is 0.320 e. The average molecular weight is 330 g/mol. The van der Waals surface area contributed by atoms with Gasteiger partial charge in [-0.15, -0.1) is 0 Å². The fourth-order valence-electron chi connectivity index (χ4n) is 2.54. The Bertz CT molecular complexity index is 699. The number of hydrogen-bond acceptors (Lipinski definition) is 4. The molecule has 2 amide bonds. The normalized spacial score (nSPS) is 16.0. The Hall–Kier alpha value is -2.70. The van der Waals surface area contributed by atoms with E-state index >= 15 is 0 Å². The van der Waals surface area contributed by atoms with Crippen LogP contribution in [-0.4, -0.2) is 35.1 Å². The molecule has 128 valence electrons. The van der Waals surface area contributed by atoms with Gasteiger partial charge in [0.25, 0.3) is 0 Å². The maximum atomic E-state index is 12.0. The lowest BCUT2D eigenvalue weighted by atomic mass is 10.2. The number of nitrogens with one attached hydrogen (secondary N) is 2. The summed E-state index contributed by atoms with van der Waals surface area (Å²) in [5.74, 6) is 2.19. The van der Waals surface area contributed by atoms with Crippen molar-refractivity contribution in [3.63, 3.8) is 0 Å². The Morgan fingerprint density at radius 1 is 1.33 bits per heavy atom. The van der Waals surface area contributed by atoms with Crippen LogP contribution in [0.4, 0.5) is 10.6 Å². The second-order valence-electron chi connectivity index (χ2n) is 5.92. The minimum Gasteiger partial charge on any atom is -0.486 e. The lowest BCUT2D eigenvalue weighted by molar-refractivity contribution is 0.0854. The Kier molecular flexibility index (Phi) is 4.88. The minimum absolute atomic E-state index is 0.0682. The lowest BCUT2D eigenvalue weighted by Crippen LogP contribution is -2.36. The zero-order chi connectivity index (χ0) is 16.9. The molecule has 0 spiro atoms. The zero-order valence-electron chi connectivity index (χ0n) is 13.9. The molecule has 1 aliphatic heterocycles. The number of carbonyl (C=O) groups excluding carboxylic acids is 1. The summed E-state index contributed by atoms with van der Waals surface area (Å²) in [5.41, 5.74) is 0. The summed E-state index contributed by atoms with van der Waals surface area (Å²) in [7, 11) is 0. The van der Waals surface area contributed by atoms with E-state index in [9.17, 15) is 4.79 Å². The minimum atomic E-state index is -0.255. The van der Waals surface area contributed by atoms with Gasteiger partial charge in [0.2, 0.25) is 0 Å². The highest BCUT2D eigenvalue weighted by Crippen LogP contribution is 2.31. The largest absolute Gasteiger partial charge is 0.486 e. The molecule has 24 heavy (non-hydrogen) atoms. The highest BCUT2D eigenvalue weighted by Gasteiger charge is 2.20. The average Bonchev–Trinajstić information content (AvgIpc) is 3.03. The third kappa shape index (κ3) is 3.79. The van der Waals surface area contributed by atoms with Gasteiger partial charge in [-0.1, -0.05) is 12.1 Å². The molecule has 3 rings (SSSR count). The van der Waals surface area contributed by atoms with Gasteiger partial charge in [-0.05, 0) is 26.0 Å². The van der Waals surface area contributed by atoms with Crippen molar-refractivity contribution in [3.8, 4) is 11.5 Å². The first-order valence-corrected chi connectivity index (χ1v) is 8.10. The van der Waals surface area contributed by atoms with E-state index in [1.165, 1.54) is 0 Å². The van der Waals surface area contributed by atoms with Crippen LogP contribution in [0.3, 0.4) is 0 Å². The van der Waals surface area contributed by atoms with Crippen molar-refractivity contribution in [1.29, 1.82) is 0 Å². The number of amides is 2. The number of fused-ring (bicyclic) bond motifs is 1. The smallest absolute Gasteiger partial charge is 0.320 e. The topological polar surface area (TPSA) is 77.4 Å². The molecule has 1 aliphatic rings. The number of benzene rings is 1. The number of aromatic nitrogens is 2. The number of anilines is 1. The molecule has 2 N–H and O–H groups in total. The SMILES string of the molecule is CC(C)n1nccc1NC(=O)NCC[C@H]1COc2ccccc2O1. The Labute approximate surface area is 140 Å². The summed E-state index contributed by atoms with van der Waals surface area (Å²) in [5, 5.41) is 9.82. The molecule has 0 fully saturated rings. The van der Waals surface area contributed by atoms with Crippen LogP contribution in [0.5, 0.6) is 11.5 Å². The van der Waals surface area contributed by atoms with Crippen LogP contribution < -0.4 is 20.1 Å². The van der Waals surface area contributed by atoms with Crippen LogP contribution in [0.1, 0.15) is 26.3 Å². The summed E-state index contributed by atoms with van der Waals surface area (Å²) in [6.07, 6.45) is 2.27. The van der Waals surface area contributed by atoms with Crippen molar-refractivity contribution in [3.05, 3.63) is 36.5 Å². The Morgan fingerprint density at radius 2 is 2.12 bits per heavy atom. The van der Waals surface area contributed by atoms with E-state index in [4.69, 9.17) is 9.47 Å². The van der Waals surface area contributed by atoms with Crippen LogP contribution in [0.25, 0.3) is 0 Å². The first-order valence-electron chi connectivity index (χ1n) is 8.10. The van der Waals surface area contributed by atoms with Gasteiger partial charge in [-0.25, -0.2) is 9.48 Å². The second kappa shape index (κ2) is 7.25. The van der Waals surface area contributed by atoms with Gasteiger partial charge < -0.3 is 14.8 Å². The van der Waals surface area contributed by atoms with Gasteiger partial charge in [0.15, 0.2) is 11.5 Å². The molecule has 0 bridgehead atoms. The van der Waals surface area contributed by atoms with Crippen LogP contribution in [-0.2, 0) is 0 Å². The summed E-state index contributed by atoms with van der Waals surface area (Å²) in [6.45, 7) is 5.00. The summed E-state index contributed by atoms with van der Waals surface area (Å²) >= 11 is 0. The predicted molar refractivity (Wildman–Crippen MR) is 90.6 cm³/mol. The van der Waals surface area contributed by atoms with Gasteiger partial charge in [0, 0.05) is 25.1 Å². The van der Waals surface area contributed by atoms with Crippen molar-refractivity contribution in [2.75, 3.05) is 18.5 Å². The standard InChI is InChI=1S/C17H22N4O3/c1-12(2)21-16(8-10-19-21)20-17(22)18-9-7-13-11-23-14-5-3-4-6-15(14)24-13/h3-6,8,10,12-13H,7,9,11H2,1-2H3,(H2,18,20,22)/t13-/m0/s1. The van der Waals surface area contributed by atoms with Crippen LogP contribution in [0.2, 0.25) is 0 Å². The molecule has 2 aromatic rings. The lowest BCUT2D eigenvalue weighted by Gasteiger charge is -2.26. The van der Waals surface area contributed by atoms with Crippen molar-refractivity contribution >= 4 is 11.8 Å². The Morgan fingerprint density at radius 3 is 2.92 bits per heavy atom. The molecule has 7 heteroatoms. The zero-order valence-corrected chi connectivity index (χ0v) is 13.9. The number of rotatable bonds is 5. The molecule has 0 aliphatic carbocycles. The van der Waals surface area contributed by atoms with E-state index in [0.717, 1.165) is 11.5 Å². The fourth-order valence-corrected chi connectivity index (χ4v) is 2.54. The molecule has 0 radical (unpaired) electrons. The number of hydrogen-bond donors (Lipinski definition) is 2. The number of para-hydroxylation sites is 2. The molecule has 2 heterocycles. The maximum absolute atomic E-state index is 12.0. The van der Waals surface area contributed by atoms with Gasteiger partial charge in [0.1, 0.15) is 18.5 Å². The molecular formula is C17H22N4O3. The third-order valence-corrected chi connectivity index (χ3v) is 3.72. The number of urea groups is 1. The van der Waals surface area contributed by atoms with E-state index in [1.54, 1.807) is 16.9 Å². The van der Waals surface area contributed by atoms with Gasteiger partial charge in [-0.2, -0.15) is 5.10 Å². The molecule has 1 aromatic carbocycles. The van der Waals surface area contributed by atoms with Gasteiger partial charge in [-0.3, -0.25) is 5.32 Å². The van der Waals surface area contributed by atoms with E-state index in [1.807, 2.05) is 38.1 Å². The van der Waals surface area contributed by atoms with Gasteiger partial charge >= 0.3 is 6.03 Å². The number of nitrogens with zero attached hydrogens (tertiary/aromatic N) is 2. The molecule has 0 saturated carbocycles. The summed E-state index contributed by atoms with van der Waals surface area (Å²) < 4.78 is 13.3. The van der Waals surface area contributed by atoms with Crippen LogP contribution in [0, 0.1) is 0 Å². The number of carbonyl (C=O) groups is 1. The van der Waals surface area contributed by atoms with E-state index < -0.39 is 0 Å². The fraction of sp³-hybridized carbons (Fsp3) is 0.412. The van der Waals surface area contributed by atoms with E-state index in [2.05, 4.69) is 15.7 Å². The quantitative estimate of drug-likeness (QED) is 0.884. The van der Waals surface area contributed by atoms with Crippen molar-refractivity contribution in [1.82, 2.24) is 15.1 Å². The van der Waals surface area contributed by atoms with Crippen molar-refractivity contribution < 1.29 is 14.3 Å². The highest BCUT2D eigenvalue weighted by molar-refractivity contribution is 5.88. The molecular weight excluding hydrogens is 308 g/mol. The van der Waals surface area contributed by atoms with E-state index in [0.29, 0.717) is 25.4 Å². The molecule has 1 atom stereocenters. The summed E-state index contributed by atoms with van der Waals surface area (Å²) in [4.78, 5) is 12.0. The highest BCUT2D eigenvalue weighted by atomic mass is 16.6. The first kappa shape index (κ1) is 16.2.